The van der Waals surface area contributed by atoms with Crippen LogP contribution in [-0.2, 0) is 11.3 Å². The van der Waals surface area contributed by atoms with Gasteiger partial charge in [0.15, 0.2) is 5.96 Å². The zero-order valence-electron chi connectivity index (χ0n) is 14.8. The lowest BCUT2D eigenvalue weighted by atomic mass is 10.2. The topological polar surface area (TPSA) is 58.1 Å². The molecule has 2 N–H and O–H groups in total. The Morgan fingerprint density at radius 2 is 1.87 bits per heavy atom. The highest BCUT2D eigenvalue weighted by Gasteiger charge is 2.00. The van der Waals surface area contributed by atoms with Crippen LogP contribution in [0.5, 0.6) is 5.75 Å². The first-order valence-corrected chi connectivity index (χ1v) is 8.02. The molecule has 6 nitrogen and oxygen atoms in total. The van der Waals surface area contributed by atoms with Crippen LogP contribution in [0, 0.1) is 0 Å². The number of likely N-dealkylation sites (N-methyl/N-ethyl adjacent to an activating group) is 1. The summed E-state index contributed by atoms with van der Waals surface area (Å²) in [6, 6.07) is 7.97. The van der Waals surface area contributed by atoms with E-state index in [0.29, 0.717) is 6.54 Å². The maximum absolute atomic E-state index is 5.16. The molecule has 0 fully saturated rings. The number of guanidine groups is 1. The van der Waals surface area contributed by atoms with E-state index in [4.69, 9.17) is 9.47 Å². The van der Waals surface area contributed by atoms with E-state index in [1.807, 2.05) is 24.3 Å². The molecule has 0 aliphatic heterocycles. The molecule has 0 spiro atoms. The van der Waals surface area contributed by atoms with Gasteiger partial charge in [0.05, 0.1) is 20.3 Å². The van der Waals surface area contributed by atoms with E-state index in [-0.39, 0.29) is 0 Å². The highest BCUT2D eigenvalue weighted by molar-refractivity contribution is 5.79. The molecule has 130 valence electrons. The summed E-state index contributed by atoms with van der Waals surface area (Å²) in [6.07, 6.45) is 0. The van der Waals surface area contributed by atoms with Crippen LogP contribution < -0.4 is 15.4 Å². The molecule has 0 unspecified atom stereocenters. The second kappa shape index (κ2) is 11.7. The van der Waals surface area contributed by atoms with Gasteiger partial charge in [-0.1, -0.05) is 12.1 Å². The first-order chi connectivity index (χ1) is 11.2. The molecule has 6 heteroatoms. The van der Waals surface area contributed by atoms with Crippen LogP contribution in [0.4, 0.5) is 0 Å². The van der Waals surface area contributed by atoms with Gasteiger partial charge < -0.3 is 25.0 Å². The van der Waals surface area contributed by atoms with Gasteiger partial charge in [-0.05, 0) is 31.7 Å². The Balaban J connectivity index is 2.42. The Bertz CT molecular complexity index is 448. The SMILES string of the molecule is CCNC(=NCc1ccc(OC)cc1)NCCN(C)CCOC. The molecule has 23 heavy (non-hydrogen) atoms. The maximum Gasteiger partial charge on any atom is 0.191 e. The molecule has 0 heterocycles. The van der Waals surface area contributed by atoms with Crippen molar-refractivity contribution in [3.63, 3.8) is 0 Å². The van der Waals surface area contributed by atoms with E-state index in [2.05, 4.69) is 34.5 Å². The molecule has 0 bridgehead atoms. The average Bonchev–Trinajstić information content (AvgIpc) is 2.58. The first kappa shape index (κ1) is 19.3. The van der Waals surface area contributed by atoms with E-state index >= 15 is 0 Å². The molecule has 1 aromatic rings. The van der Waals surface area contributed by atoms with E-state index < -0.39 is 0 Å². The van der Waals surface area contributed by atoms with Gasteiger partial charge in [-0.3, -0.25) is 0 Å². The van der Waals surface area contributed by atoms with Gasteiger partial charge in [0.1, 0.15) is 5.75 Å². The van der Waals surface area contributed by atoms with Crippen LogP contribution >= 0.6 is 0 Å². The smallest absolute Gasteiger partial charge is 0.191 e. The minimum Gasteiger partial charge on any atom is -0.497 e. The van der Waals surface area contributed by atoms with Crippen molar-refractivity contribution in [2.45, 2.75) is 13.5 Å². The maximum atomic E-state index is 5.16. The van der Waals surface area contributed by atoms with E-state index in [9.17, 15) is 0 Å². The summed E-state index contributed by atoms with van der Waals surface area (Å²) in [5, 5.41) is 6.62. The quantitative estimate of drug-likeness (QED) is 0.503. The van der Waals surface area contributed by atoms with Gasteiger partial charge in [0.25, 0.3) is 0 Å². The zero-order chi connectivity index (χ0) is 16.9. The van der Waals surface area contributed by atoms with Crippen LogP contribution in [0.25, 0.3) is 0 Å². The lowest BCUT2D eigenvalue weighted by Gasteiger charge is -2.17. The number of hydrogen-bond donors (Lipinski definition) is 2. The second-order valence-corrected chi connectivity index (χ2v) is 5.27. The second-order valence-electron chi connectivity index (χ2n) is 5.27. The Labute approximate surface area is 139 Å². The van der Waals surface area contributed by atoms with Gasteiger partial charge in [0, 0.05) is 33.3 Å². The van der Waals surface area contributed by atoms with Crippen molar-refractivity contribution in [3.05, 3.63) is 29.8 Å². The predicted octanol–water partition coefficient (Wildman–Crippen LogP) is 1.33. The first-order valence-electron chi connectivity index (χ1n) is 8.02. The summed E-state index contributed by atoms with van der Waals surface area (Å²) >= 11 is 0. The lowest BCUT2D eigenvalue weighted by Crippen LogP contribution is -2.41. The molecule has 0 saturated heterocycles. The van der Waals surface area contributed by atoms with Crippen LogP contribution in [0.1, 0.15) is 12.5 Å². The number of methoxy groups -OCH3 is 2. The minimum absolute atomic E-state index is 0.638. The molecule has 0 aromatic heterocycles. The normalized spacial score (nSPS) is 11.6. The lowest BCUT2D eigenvalue weighted by molar-refractivity contribution is 0.162. The summed E-state index contributed by atoms with van der Waals surface area (Å²) in [5.74, 6) is 1.70. The fourth-order valence-corrected chi connectivity index (χ4v) is 1.97. The van der Waals surface area contributed by atoms with Crippen LogP contribution in [0.15, 0.2) is 29.3 Å². The number of hydrogen-bond acceptors (Lipinski definition) is 4. The monoisotopic (exact) mass is 322 g/mol. The van der Waals surface area contributed by atoms with Gasteiger partial charge in [0.2, 0.25) is 0 Å². The third kappa shape index (κ3) is 8.42. The number of aliphatic imine (C=N–C) groups is 1. The van der Waals surface area contributed by atoms with Crippen LogP contribution in [-0.4, -0.2) is 64.9 Å². The van der Waals surface area contributed by atoms with Crippen molar-refractivity contribution >= 4 is 5.96 Å². The van der Waals surface area contributed by atoms with Crippen molar-refractivity contribution in [1.82, 2.24) is 15.5 Å². The molecule has 1 rings (SSSR count). The molecular weight excluding hydrogens is 292 g/mol. The van der Waals surface area contributed by atoms with Crippen LogP contribution in [0.3, 0.4) is 0 Å². The van der Waals surface area contributed by atoms with Gasteiger partial charge in [-0.15, -0.1) is 0 Å². The third-order valence-corrected chi connectivity index (χ3v) is 3.39. The highest BCUT2D eigenvalue weighted by Crippen LogP contribution is 2.11. The largest absolute Gasteiger partial charge is 0.497 e. The van der Waals surface area contributed by atoms with Crippen molar-refractivity contribution < 1.29 is 9.47 Å². The average molecular weight is 322 g/mol. The summed E-state index contributed by atoms with van der Waals surface area (Å²) < 4.78 is 10.2. The van der Waals surface area contributed by atoms with Crippen molar-refractivity contribution in [3.8, 4) is 5.75 Å². The molecule has 0 saturated carbocycles. The minimum atomic E-state index is 0.638. The van der Waals surface area contributed by atoms with E-state index in [1.54, 1.807) is 14.2 Å². The molecular formula is C17H30N4O2. The predicted molar refractivity (Wildman–Crippen MR) is 95.2 cm³/mol. The summed E-state index contributed by atoms with van der Waals surface area (Å²) in [4.78, 5) is 6.83. The zero-order valence-corrected chi connectivity index (χ0v) is 14.8. The van der Waals surface area contributed by atoms with Crippen LogP contribution in [0.2, 0.25) is 0 Å². The summed E-state index contributed by atoms with van der Waals surface area (Å²) in [7, 11) is 5.48. The highest BCUT2D eigenvalue weighted by atomic mass is 16.5. The van der Waals surface area contributed by atoms with E-state index in [0.717, 1.165) is 50.1 Å². The van der Waals surface area contributed by atoms with Gasteiger partial charge >= 0.3 is 0 Å². The standard InChI is InChI=1S/C17H30N4O2/c1-5-18-17(19-10-11-21(2)12-13-22-3)20-14-15-6-8-16(23-4)9-7-15/h6-9H,5,10-14H2,1-4H3,(H2,18,19,20). The Morgan fingerprint density at radius 1 is 1.13 bits per heavy atom. The third-order valence-electron chi connectivity index (χ3n) is 3.39. The fraction of sp³-hybridized carbons (Fsp3) is 0.588. The molecule has 0 radical (unpaired) electrons. The fourth-order valence-electron chi connectivity index (χ4n) is 1.97. The van der Waals surface area contributed by atoms with Gasteiger partial charge in [-0.25, -0.2) is 4.99 Å². The number of benzene rings is 1. The Kier molecular flexibility index (Phi) is 9.83. The Hall–Kier alpha value is -1.79. The number of nitrogens with zero attached hydrogens (tertiary/aromatic N) is 2. The molecule has 0 aliphatic rings. The number of rotatable bonds is 10. The molecule has 1 aromatic carbocycles. The number of ether oxygens (including phenoxy) is 2. The summed E-state index contributed by atoms with van der Waals surface area (Å²) in [5.41, 5.74) is 1.15. The molecule has 0 amide bonds. The molecule has 0 aliphatic carbocycles. The van der Waals surface area contributed by atoms with E-state index in [1.165, 1.54) is 0 Å². The Morgan fingerprint density at radius 3 is 2.48 bits per heavy atom. The van der Waals surface area contributed by atoms with Crippen molar-refractivity contribution in [2.24, 2.45) is 4.99 Å². The van der Waals surface area contributed by atoms with Crippen molar-refractivity contribution in [2.75, 3.05) is 54.1 Å². The summed E-state index contributed by atoms with van der Waals surface area (Å²) in [6.45, 7) is 7.01. The molecule has 0 atom stereocenters. The van der Waals surface area contributed by atoms with Gasteiger partial charge in [-0.2, -0.15) is 0 Å². The number of nitrogens with one attached hydrogen (secondary N) is 2. The van der Waals surface area contributed by atoms with Crippen molar-refractivity contribution in [1.29, 1.82) is 0 Å².